The minimum absolute atomic E-state index is 0.110. The van der Waals surface area contributed by atoms with E-state index in [-0.39, 0.29) is 5.78 Å². The molecule has 0 aromatic rings. The van der Waals surface area contributed by atoms with Crippen LogP contribution in [0.4, 0.5) is 4.39 Å². The van der Waals surface area contributed by atoms with Crippen LogP contribution in [-0.2, 0) is 4.79 Å². The summed E-state index contributed by atoms with van der Waals surface area (Å²) in [6.07, 6.45) is 15.5. The average molecular weight is 351 g/mol. The fourth-order valence-corrected chi connectivity index (χ4v) is 2.37. The van der Waals surface area contributed by atoms with Gasteiger partial charge in [0.25, 0.3) is 0 Å². The van der Waals surface area contributed by atoms with Gasteiger partial charge in [0.2, 0.25) is 0 Å². The van der Waals surface area contributed by atoms with Crippen LogP contribution < -0.4 is 0 Å². The highest BCUT2D eigenvalue weighted by atomic mass is 19.1. The monoisotopic (exact) mass is 351 g/mol. The van der Waals surface area contributed by atoms with Gasteiger partial charge in [-0.05, 0) is 43.1 Å². The number of hydrogen-bond acceptors (Lipinski definition) is 2. The van der Waals surface area contributed by atoms with E-state index in [0.717, 1.165) is 29.6 Å². The maximum Gasteiger partial charge on any atom is 0.179 e. The lowest BCUT2D eigenvalue weighted by Gasteiger charge is -2.09. The number of Topliss-reactive ketones (excluding diaryl/α,β-unsaturated/α-hetero) is 1. The summed E-state index contributed by atoms with van der Waals surface area (Å²) in [4.78, 5) is 16.3. The minimum atomic E-state index is -1.29. The zero-order valence-electron chi connectivity index (χ0n) is 15.6. The second kappa shape index (κ2) is 11.8. The summed E-state index contributed by atoms with van der Waals surface area (Å²) in [6, 6.07) is -0.459. The number of carbonyl (C=O) groups is 1. The largest absolute Gasteiger partial charge is 0.299 e. The van der Waals surface area contributed by atoms with Gasteiger partial charge in [-0.1, -0.05) is 49.8 Å². The first-order valence-corrected chi connectivity index (χ1v) is 8.85. The van der Waals surface area contributed by atoms with Crippen LogP contribution in [0, 0.1) is 24.2 Å². The van der Waals surface area contributed by atoms with Crippen LogP contribution in [0.5, 0.6) is 0 Å². The summed E-state index contributed by atoms with van der Waals surface area (Å²) in [5, 5.41) is 0. The molecule has 0 aliphatic carbocycles. The molecule has 0 bridgehead atoms. The first kappa shape index (κ1) is 21.4. The van der Waals surface area contributed by atoms with Crippen molar-refractivity contribution in [2.24, 2.45) is 4.99 Å². The van der Waals surface area contributed by atoms with E-state index in [2.05, 4.69) is 36.3 Å². The number of nitrogens with zero attached hydrogens (tertiary/aromatic N) is 1. The highest BCUT2D eigenvalue weighted by Gasteiger charge is 2.10. The van der Waals surface area contributed by atoms with Gasteiger partial charge in [-0.25, -0.2) is 4.39 Å². The maximum atomic E-state index is 13.3. The molecule has 0 amide bonds. The lowest BCUT2D eigenvalue weighted by Crippen LogP contribution is -2.09. The van der Waals surface area contributed by atoms with E-state index >= 15 is 0 Å². The fourth-order valence-electron chi connectivity index (χ4n) is 2.37. The van der Waals surface area contributed by atoms with Crippen LogP contribution in [0.15, 0.2) is 52.6 Å². The van der Waals surface area contributed by atoms with Crippen LogP contribution >= 0.6 is 0 Å². The number of ketones is 1. The zero-order chi connectivity index (χ0) is 19.4. The van der Waals surface area contributed by atoms with Crippen molar-refractivity contribution in [3.05, 3.63) is 47.6 Å². The van der Waals surface area contributed by atoms with Crippen molar-refractivity contribution in [2.75, 3.05) is 0 Å². The third kappa shape index (κ3) is 7.95. The van der Waals surface area contributed by atoms with Gasteiger partial charge in [-0.2, -0.15) is 0 Å². The van der Waals surface area contributed by atoms with Gasteiger partial charge in [0.15, 0.2) is 6.17 Å². The molecule has 1 aliphatic rings. The van der Waals surface area contributed by atoms with Crippen molar-refractivity contribution in [1.29, 1.82) is 0 Å². The summed E-state index contributed by atoms with van der Waals surface area (Å²) in [5.41, 5.74) is 2.73. The minimum Gasteiger partial charge on any atom is -0.299 e. The molecule has 0 N–H and O–H groups in total. The van der Waals surface area contributed by atoms with E-state index in [1.807, 2.05) is 19.1 Å². The molecule has 26 heavy (non-hydrogen) atoms. The van der Waals surface area contributed by atoms with Crippen LogP contribution in [0.25, 0.3) is 0 Å². The fraction of sp³-hybridized carbons (Fsp3) is 0.391. The van der Waals surface area contributed by atoms with Crippen molar-refractivity contribution in [1.82, 2.24) is 0 Å². The number of rotatable bonds is 9. The molecule has 2 unspecified atom stereocenters. The Morgan fingerprint density at radius 1 is 1.38 bits per heavy atom. The molecule has 136 valence electrons. The molecule has 0 spiro atoms. The normalized spacial score (nSPS) is 21.0. The topological polar surface area (TPSA) is 29.4 Å². The predicted octanol–water partition coefficient (Wildman–Crippen LogP) is 4.94. The predicted molar refractivity (Wildman–Crippen MR) is 108 cm³/mol. The van der Waals surface area contributed by atoms with Gasteiger partial charge in [-0.15, -0.1) is 6.42 Å². The molecule has 0 saturated carbocycles. The molecule has 3 heteroatoms. The third-order valence-electron chi connectivity index (χ3n) is 3.93. The highest BCUT2D eigenvalue weighted by Crippen LogP contribution is 2.14. The van der Waals surface area contributed by atoms with Crippen LogP contribution in [0.2, 0.25) is 0 Å². The summed E-state index contributed by atoms with van der Waals surface area (Å²) >= 11 is 0. The van der Waals surface area contributed by atoms with E-state index < -0.39 is 12.2 Å². The number of halogens is 1. The van der Waals surface area contributed by atoms with Gasteiger partial charge >= 0.3 is 0 Å². The first-order valence-electron chi connectivity index (χ1n) is 8.85. The van der Waals surface area contributed by atoms with Gasteiger partial charge in [-0.3, -0.25) is 9.79 Å². The summed E-state index contributed by atoms with van der Waals surface area (Å²) < 4.78 is 13.3. The quantitative estimate of drug-likeness (QED) is 0.329. The molecule has 2 nitrogen and oxygen atoms in total. The molecule has 1 aliphatic heterocycles. The van der Waals surface area contributed by atoms with E-state index in [1.54, 1.807) is 0 Å². The zero-order valence-corrected chi connectivity index (χ0v) is 15.6. The second-order valence-electron chi connectivity index (χ2n) is 6.14. The van der Waals surface area contributed by atoms with Gasteiger partial charge in [0.05, 0.1) is 0 Å². The Morgan fingerprint density at radius 2 is 2.15 bits per heavy atom. The van der Waals surface area contributed by atoms with Gasteiger partial charge in [0, 0.05) is 24.6 Å². The van der Waals surface area contributed by atoms with Gasteiger partial charge < -0.3 is 0 Å². The van der Waals surface area contributed by atoms with E-state index in [9.17, 15) is 9.18 Å². The summed E-state index contributed by atoms with van der Waals surface area (Å²) in [7, 11) is 0. The molecule has 1 rings (SSSR count). The molecule has 0 fully saturated rings. The Kier molecular flexibility index (Phi) is 9.73. The van der Waals surface area contributed by atoms with Crippen molar-refractivity contribution >= 4 is 12.0 Å². The van der Waals surface area contributed by atoms with Crippen molar-refractivity contribution < 1.29 is 9.18 Å². The number of alkyl halides is 1. The molecule has 2 atom stereocenters. The Balaban J connectivity index is 2.50. The Hall–Kier alpha value is -2.65. The van der Waals surface area contributed by atoms with Crippen molar-refractivity contribution in [3.8, 4) is 24.2 Å². The van der Waals surface area contributed by atoms with Crippen LogP contribution in [0.3, 0.4) is 0 Å². The summed E-state index contributed by atoms with van der Waals surface area (Å²) in [5.74, 6) is 8.06. The van der Waals surface area contributed by atoms with E-state index in [1.165, 1.54) is 18.4 Å². The Bertz CT molecular complexity index is 734. The second-order valence-corrected chi connectivity index (χ2v) is 6.14. The van der Waals surface area contributed by atoms with Crippen molar-refractivity contribution in [2.45, 2.75) is 58.2 Å². The number of hydrogen-bond donors (Lipinski definition) is 0. The SMILES string of the molecule is C#C/C(CCC)=C(C)\C=C/CC(=O)CCC(=C)C1C#CC(F)/C=C\C=N1. The van der Waals surface area contributed by atoms with Crippen molar-refractivity contribution in [3.63, 3.8) is 0 Å². The molecule has 0 aromatic heterocycles. The standard InChI is InChI=1S/C23H26FNO/c1-5-9-20(6-2)18(3)10-7-12-22(26)15-13-19(4)23-16-14-21(24)11-8-17-25-23/h2,7-8,10-11,17,21,23H,4-5,9,12-13,15H2,1,3H3/b10-7-,11-8-,20-18+,25-17?. The molecule has 0 radical (unpaired) electrons. The third-order valence-corrected chi connectivity index (χ3v) is 3.93. The first-order chi connectivity index (χ1) is 12.5. The molecule has 0 saturated heterocycles. The average Bonchev–Trinajstić information content (AvgIpc) is 2.61. The molecule has 1 heterocycles. The lowest BCUT2D eigenvalue weighted by atomic mass is 10.0. The van der Waals surface area contributed by atoms with Crippen LogP contribution in [0.1, 0.15) is 46.0 Å². The Morgan fingerprint density at radius 3 is 2.85 bits per heavy atom. The van der Waals surface area contributed by atoms with E-state index in [0.29, 0.717) is 19.3 Å². The molecular weight excluding hydrogens is 325 g/mol. The number of allylic oxidation sites excluding steroid dienone is 6. The highest BCUT2D eigenvalue weighted by molar-refractivity contribution is 5.80. The number of aliphatic imine (C=N–C) groups is 1. The lowest BCUT2D eigenvalue weighted by molar-refractivity contribution is -0.118. The smallest absolute Gasteiger partial charge is 0.179 e. The maximum absolute atomic E-state index is 13.3. The van der Waals surface area contributed by atoms with Crippen LogP contribution in [-0.4, -0.2) is 24.2 Å². The Labute approximate surface area is 156 Å². The summed E-state index contributed by atoms with van der Waals surface area (Å²) in [6.45, 7) is 7.99. The molecule has 0 aromatic carbocycles. The van der Waals surface area contributed by atoms with Gasteiger partial charge in [0.1, 0.15) is 11.8 Å². The number of terminal acetylenes is 1. The van der Waals surface area contributed by atoms with E-state index in [4.69, 9.17) is 6.42 Å². The number of carbonyl (C=O) groups excluding carboxylic acids is 1. The molecular formula is C23H26FNO.